The fraction of sp³-hybridized carbons (Fsp3) is 0.333. The van der Waals surface area contributed by atoms with Crippen LogP contribution in [0.25, 0.3) is 21.8 Å². The number of anilines is 1. The molecule has 3 aromatic rings. The Kier molecular flexibility index (Phi) is 7.09. The second kappa shape index (κ2) is 9.21. The number of nitrogens with zero attached hydrogens (tertiary/aromatic N) is 3. The first-order valence-electron chi connectivity index (χ1n) is 9.68. The van der Waals surface area contributed by atoms with Crippen molar-refractivity contribution in [3.05, 3.63) is 52.6 Å². The number of aromatic nitrogens is 2. The molecule has 1 aromatic carbocycles. The number of benzene rings is 1. The van der Waals surface area contributed by atoms with Crippen molar-refractivity contribution in [1.82, 2.24) is 9.97 Å². The van der Waals surface area contributed by atoms with E-state index in [1.807, 2.05) is 32.9 Å². The van der Waals surface area contributed by atoms with E-state index >= 15 is 0 Å². The fourth-order valence-corrected chi connectivity index (χ4v) is 5.03. The number of sulfonamides is 1. The van der Waals surface area contributed by atoms with E-state index in [2.05, 4.69) is 9.97 Å². The van der Waals surface area contributed by atoms with Crippen molar-refractivity contribution in [2.45, 2.75) is 31.7 Å². The average Bonchev–Trinajstić information content (AvgIpc) is 3.20. The lowest BCUT2D eigenvalue weighted by Gasteiger charge is -2.25. The van der Waals surface area contributed by atoms with Gasteiger partial charge in [0.15, 0.2) is 0 Å². The van der Waals surface area contributed by atoms with Gasteiger partial charge in [-0.1, -0.05) is 32.4 Å². The van der Waals surface area contributed by atoms with Gasteiger partial charge in [-0.25, -0.2) is 4.98 Å². The van der Waals surface area contributed by atoms with Gasteiger partial charge in [0, 0.05) is 33.8 Å². The maximum atomic E-state index is 13.0. The van der Waals surface area contributed by atoms with Crippen LogP contribution in [0.3, 0.4) is 0 Å². The molecule has 12 heteroatoms. The highest BCUT2D eigenvalue weighted by Crippen LogP contribution is 2.37. The Balaban J connectivity index is 1.97. The Bertz CT molecular complexity index is 1260. The molecule has 178 valence electrons. The highest BCUT2D eigenvalue weighted by atomic mass is 35.5. The number of aliphatic hydroxyl groups is 1. The number of pyridine rings is 1. The number of hydrogen-bond donors (Lipinski definition) is 1. The number of alkyl halides is 3. The molecular formula is C21H21ClF3N3O3S2. The maximum Gasteiger partial charge on any atom is 0.516 e. The first kappa shape index (κ1) is 25.4. The fourth-order valence-electron chi connectivity index (χ4n) is 2.97. The zero-order valence-electron chi connectivity index (χ0n) is 17.9. The van der Waals surface area contributed by atoms with Gasteiger partial charge in [0.05, 0.1) is 29.6 Å². The minimum Gasteiger partial charge on any atom is -0.394 e. The van der Waals surface area contributed by atoms with Gasteiger partial charge in [0.2, 0.25) is 0 Å². The largest absolute Gasteiger partial charge is 0.516 e. The van der Waals surface area contributed by atoms with E-state index in [9.17, 15) is 21.6 Å². The third kappa shape index (κ3) is 5.32. The molecule has 0 aliphatic rings. The molecule has 0 amide bonds. The van der Waals surface area contributed by atoms with Gasteiger partial charge in [-0.2, -0.15) is 21.6 Å². The molecule has 0 radical (unpaired) electrons. The topological polar surface area (TPSA) is 83.4 Å². The quantitative estimate of drug-likeness (QED) is 0.467. The summed E-state index contributed by atoms with van der Waals surface area (Å²) in [6.45, 7) is 4.58. The Labute approximate surface area is 198 Å². The van der Waals surface area contributed by atoms with Crippen LogP contribution < -0.4 is 4.31 Å². The van der Waals surface area contributed by atoms with Crippen molar-refractivity contribution in [2.75, 3.05) is 17.5 Å². The molecule has 6 nitrogen and oxygen atoms in total. The summed E-state index contributed by atoms with van der Waals surface area (Å²) in [5.41, 5.74) is -3.29. The summed E-state index contributed by atoms with van der Waals surface area (Å²) in [4.78, 5) is 8.99. The van der Waals surface area contributed by atoms with Gasteiger partial charge in [0.25, 0.3) is 0 Å². The average molecular weight is 520 g/mol. The van der Waals surface area contributed by atoms with Crippen LogP contribution in [0.5, 0.6) is 0 Å². The lowest BCUT2D eigenvalue weighted by molar-refractivity contribution is -0.0438. The molecule has 2 heterocycles. The van der Waals surface area contributed by atoms with Gasteiger partial charge in [-0.15, -0.1) is 11.3 Å². The Morgan fingerprint density at radius 1 is 1.15 bits per heavy atom. The molecule has 0 atom stereocenters. The zero-order valence-corrected chi connectivity index (χ0v) is 20.3. The molecule has 0 aliphatic carbocycles. The van der Waals surface area contributed by atoms with E-state index in [-0.39, 0.29) is 20.4 Å². The molecule has 1 N–H and O–H groups in total. The first-order chi connectivity index (χ1) is 15.3. The van der Waals surface area contributed by atoms with Gasteiger partial charge < -0.3 is 5.11 Å². The van der Waals surface area contributed by atoms with Crippen LogP contribution in [0.4, 0.5) is 18.9 Å². The van der Waals surface area contributed by atoms with Crippen molar-refractivity contribution in [1.29, 1.82) is 0 Å². The molecule has 0 aliphatic heterocycles. The summed E-state index contributed by atoms with van der Waals surface area (Å²) in [6.07, 6.45) is 1.70. The minimum atomic E-state index is -5.70. The molecule has 0 unspecified atom stereocenters. The third-order valence-electron chi connectivity index (χ3n) is 4.68. The van der Waals surface area contributed by atoms with Crippen LogP contribution in [-0.2, 0) is 15.4 Å². The van der Waals surface area contributed by atoms with Gasteiger partial charge in [-0.3, -0.25) is 9.29 Å². The molecule has 0 spiro atoms. The number of thiazole rings is 1. The maximum absolute atomic E-state index is 13.0. The summed E-state index contributed by atoms with van der Waals surface area (Å²) in [7, 11) is -5.70. The summed E-state index contributed by atoms with van der Waals surface area (Å²) in [5.74, 6) is 0. The first-order valence-corrected chi connectivity index (χ1v) is 12.4. The SMILES string of the molecule is CC(C)(C)c1cc(-c2nc(-c3ccc(N(CCO)S(=O)(=O)C(F)(F)F)cc3Cl)cs2)ccn1. The van der Waals surface area contributed by atoms with Crippen LogP contribution in [-0.4, -0.2) is 42.2 Å². The third-order valence-corrected chi connectivity index (χ3v) is 7.44. The second-order valence-electron chi connectivity index (χ2n) is 8.13. The standard InChI is InChI=1S/C21H21ClF3N3O3S2/c1-20(2,3)18-10-13(6-7-26-18)19-27-17(12-32-19)15-5-4-14(11-16(15)22)28(8-9-29)33(30,31)21(23,24)25/h4-7,10-12,29H,8-9H2,1-3H3. The summed E-state index contributed by atoms with van der Waals surface area (Å²) >= 11 is 7.67. The monoisotopic (exact) mass is 519 g/mol. The molecule has 0 fully saturated rings. The molecule has 33 heavy (non-hydrogen) atoms. The lowest BCUT2D eigenvalue weighted by atomic mass is 9.91. The van der Waals surface area contributed by atoms with E-state index in [0.717, 1.165) is 17.3 Å². The second-order valence-corrected chi connectivity index (χ2v) is 11.2. The van der Waals surface area contributed by atoms with E-state index in [1.165, 1.54) is 23.5 Å². The van der Waals surface area contributed by atoms with Crippen molar-refractivity contribution < 1.29 is 26.7 Å². The van der Waals surface area contributed by atoms with Gasteiger partial charge in [-0.05, 0) is 30.3 Å². The number of halogens is 4. The lowest BCUT2D eigenvalue weighted by Crippen LogP contribution is -2.42. The number of aliphatic hydroxyl groups excluding tert-OH is 1. The number of rotatable bonds is 6. The van der Waals surface area contributed by atoms with Crippen LogP contribution in [0.15, 0.2) is 41.9 Å². The van der Waals surface area contributed by atoms with Crippen LogP contribution in [0.1, 0.15) is 26.5 Å². The van der Waals surface area contributed by atoms with E-state index < -0.39 is 28.7 Å². The normalized spacial score (nSPS) is 12.7. The predicted molar refractivity (Wildman–Crippen MR) is 124 cm³/mol. The highest BCUT2D eigenvalue weighted by molar-refractivity contribution is 7.93. The zero-order chi connectivity index (χ0) is 24.6. The predicted octanol–water partition coefficient (Wildman–Crippen LogP) is 5.47. The molecule has 2 aromatic heterocycles. The molecule has 0 bridgehead atoms. The summed E-state index contributed by atoms with van der Waals surface area (Å²) in [5, 5.41) is 11.6. The van der Waals surface area contributed by atoms with Gasteiger partial charge >= 0.3 is 15.5 Å². The molecule has 0 saturated heterocycles. The smallest absolute Gasteiger partial charge is 0.394 e. The van der Waals surface area contributed by atoms with E-state index in [4.69, 9.17) is 16.7 Å². The molecule has 0 saturated carbocycles. The van der Waals surface area contributed by atoms with Crippen molar-refractivity contribution in [3.63, 3.8) is 0 Å². The van der Waals surface area contributed by atoms with Crippen LogP contribution in [0, 0.1) is 0 Å². The summed E-state index contributed by atoms with van der Waals surface area (Å²) in [6, 6.07) is 7.49. The van der Waals surface area contributed by atoms with Crippen molar-refractivity contribution in [2.24, 2.45) is 0 Å². The summed E-state index contributed by atoms with van der Waals surface area (Å²) < 4.78 is 63.0. The minimum absolute atomic E-state index is 0.0229. The number of hydrogen-bond acceptors (Lipinski definition) is 6. The van der Waals surface area contributed by atoms with Gasteiger partial charge in [0.1, 0.15) is 5.01 Å². The van der Waals surface area contributed by atoms with Crippen molar-refractivity contribution in [3.8, 4) is 21.8 Å². The highest BCUT2D eigenvalue weighted by Gasteiger charge is 2.50. The molecule has 3 rings (SSSR count). The van der Waals surface area contributed by atoms with Crippen LogP contribution in [0.2, 0.25) is 5.02 Å². The van der Waals surface area contributed by atoms with E-state index in [0.29, 0.717) is 16.3 Å². The van der Waals surface area contributed by atoms with Crippen molar-refractivity contribution >= 4 is 38.6 Å². The Hall–Kier alpha value is -2.21. The Morgan fingerprint density at radius 3 is 2.42 bits per heavy atom. The molecular weight excluding hydrogens is 499 g/mol. The van der Waals surface area contributed by atoms with Crippen LogP contribution >= 0.6 is 22.9 Å². The Morgan fingerprint density at radius 2 is 1.85 bits per heavy atom. The van der Waals surface area contributed by atoms with E-state index in [1.54, 1.807) is 11.6 Å².